The summed E-state index contributed by atoms with van der Waals surface area (Å²) in [5.41, 5.74) is 2.98. The largest absolute Gasteiger partial charge is 0.496 e. The number of ether oxygens (including phenoxy) is 1. The first-order valence-electron chi connectivity index (χ1n) is 8.84. The zero-order valence-corrected chi connectivity index (χ0v) is 15.5. The van der Waals surface area contributed by atoms with Gasteiger partial charge in [-0.2, -0.15) is 4.98 Å². The fourth-order valence-corrected chi connectivity index (χ4v) is 2.76. The SMILES string of the molecule is COc1ccccc1CCNc1cc(C)nc(NCc2ccc(F)cc2)n1. The number of hydrogen-bond donors (Lipinski definition) is 2. The van der Waals surface area contributed by atoms with Crippen LogP contribution in [0, 0.1) is 12.7 Å². The van der Waals surface area contributed by atoms with Crippen LogP contribution in [-0.2, 0) is 13.0 Å². The molecule has 0 radical (unpaired) electrons. The predicted molar refractivity (Wildman–Crippen MR) is 106 cm³/mol. The minimum atomic E-state index is -0.243. The van der Waals surface area contributed by atoms with Gasteiger partial charge in [0.15, 0.2) is 0 Å². The average molecular weight is 366 g/mol. The van der Waals surface area contributed by atoms with E-state index in [0.29, 0.717) is 12.5 Å². The van der Waals surface area contributed by atoms with Crippen molar-refractivity contribution in [1.82, 2.24) is 9.97 Å². The average Bonchev–Trinajstić information content (AvgIpc) is 2.67. The summed E-state index contributed by atoms with van der Waals surface area (Å²) in [7, 11) is 1.68. The third kappa shape index (κ3) is 5.41. The highest BCUT2D eigenvalue weighted by Gasteiger charge is 2.05. The third-order valence-corrected chi connectivity index (χ3v) is 4.11. The second-order valence-electron chi connectivity index (χ2n) is 6.19. The molecule has 6 heteroatoms. The molecule has 0 bridgehead atoms. The molecule has 1 heterocycles. The molecular weight excluding hydrogens is 343 g/mol. The van der Waals surface area contributed by atoms with Gasteiger partial charge in [-0.1, -0.05) is 30.3 Å². The highest BCUT2D eigenvalue weighted by molar-refractivity contribution is 5.43. The van der Waals surface area contributed by atoms with E-state index in [1.807, 2.05) is 31.2 Å². The van der Waals surface area contributed by atoms with E-state index in [-0.39, 0.29) is 5.82 Å². The highest BCUT2D eigenvalue weighted by atomic mass is 19.1. The van der Waals surface area contributed by atoms with Gasteiger partial charge >= 0.3 is 0 Å². The van der Waals surface area contributed by atoms with Gasteiger partial charge in [-0.15, -0.1) is 0 Å². The van der Waals surface area contributed by atoms with E-state index < -0.39 is 0 Å². The van der Waals surface area contributed by atoms with E-state index in [9.17, 15) is 4.39 Å². The number of aryl methyl sites for hydroxylation is 1. The minimum absolute atomic E-state index is 0.243. The molecule has 2 aromatic carbocycles. The Balaban J connectivity index is 1.58. The maximum atomic E-state index is 13.0. The van der Waals surface area contributed by atoms with Gasteiger partial charge in [0.05, 0.1) is 7.11 Å². The molecule has 27 heavy (non-hydrogen) atoms. The van der Waals surface area contributed by atoms with Crippen molar-refractivity contribution in [2.24, 2.45) is 0 Å². The quantitative estimate of drug-likeness (QED) is 0.626. The Labute approximate surface area is 158 Å². The Morgan fingerprint density at radius 3 is 2.56 bits per heavy atom. The number of nitrogens with one attached hydrogen (secondary N) is 2. The maximum Gasteiger partial charge on any atom is 0.225 e. The van der Waals surface area contributed by atoms with Crippen LogP contribution in [0.1, 0.15) is 16.8 Å². The number of anilines is 2. The molecule has 0 aliphatic heterocycles. The number of nitrogens with zero attached hydrogens (tertiary/aromatic N) is 2. The van der Waals surface area contributed by atoms with Crippen LogP contribution in [-0.4, -0.2) is 23.6 Å². The number of rotatable bonds is 8. The Morgan fingerprint density at radius 1 is 1.00 bits per heavy atom. The number of hydrogen-bond acceptors (Lipinski definition) is 5. The zero-order valence-electron chi connectivity index (χ0n) is 15.5. The first-order chi connectivity index (χ1) is 13.1. The number of methoxy groups -OCH3 is 1. The first kappa shape index (κ1) is 18.6. The second-order valence-corrected chi connectivity index (χ2v) is 6.19. The second kappa shape index (κ2) is 8.98. The summed E-state index contributed by atoms with van der Waals surface area (Å²) in [5, 5.41) is 6.52. The van der Waals surface area contributed by atoms with Crippen molar-refractivity contribution in [2.75, 3.05) is 24.3 Å². The molecule has 5 nitrogen and oxygen atoms in total. The highest BCUT2D eigenvalue weighted by Crippen LogP contribution is 2.18. The normalized spacial score (nSPS) is 10.5. The molecular formula is C21H23FN4O. The molecule has 0 unspecified atom stereocenters. The van der Waals surface area contributed by atoms with Gasteiger partial charge in [-0.25, -0.2) is 9.37 Å². The Bertz CT molecular complexity index is 884. The van der Waals surface area contributed by atoms with E-state index in [1.54, 1.807) is 19.2 Å². The summed E-state index contributed by atoms with van der Waals surface area (Å²) in [6.07, 6.45) is 0.825. The lowest BCUT2D eigenvalue weighted by atomic mass is 10.1. The third-order valence-electron chi connectivity index (χ3n) is 4.11. The molecule has 0 atom stereocenters. The monoisotopic (exact) mass is 366 g/mol. The molecule has 140 valence electrons. The van der Waals surface area contributed by atoms with Crippen LogP contribution >= 0.6 is 0 Å². The van der Waals surface area contributed by atoms with Crippen molar-refractivity contribution in [3.63, 3.8) is 0 Å². The first-order valence-corrected chi connectivity index (χ1v) is 8.84. The van der Waals surface area contributed by atoms with Crippen LogP contribution < -0.4 is 15.4 Å². The predicted octanol–water partition coefficient (Wildman–Crippen LogP) is 4.20. The molecule has 0 aliphatic rings. The smallest absolute Gasteiger partial charge is 0.225 e. The van der Waals surface area contributed by atoms with E-state index in [0.717, 1.165) is 41.4 Å². The standard InChI is InChI=1S/C21H23FN4O/c1-15-13-20(23-12-11-17-5-3-4-6-19(17)27-2)26-21(25-15)24-14-16-7-9-18(22)10-8-16/h3-10,13H,11-12,14H2,1-2H3,(H2,23,24,25,26). The lowest BCUT2D eigenvalue weighted by Crippen LogP contribution is -2.10. The Kier molecular flexibility index (Phi) is 6.20. The number of para-hydroxylation sites is 1. The summed E-state index contributed by atoms with van der Waals surface area (Å²) in [4.78, 5) is 8.91. The maximum absolute atomic E-state index is 13.0. The lowest BCUT2D eigenvalue weighted by molar-refractivity contribution is 0.410. The molecule has 3 aromatic rings. The summed E-state index contributed by atoms with van der Waals surface area (Å²) >= 11 is 0. The summed E-state index contributed by atoms with van der Waals surface area (Å²) in [6, 6.07) is 16.3. The van der Waals surface area contributed by atoms with Crippen molar-refractivity contribution in [2.45, 2.75) is 19.9 Å². The van der Waals surface area contributed by atoms with Gasteiger partial charge in [-0.3, -0.25) is 0 Å². The van der Waals surface area contributed by atoms with Crippen LogP contribution in [0.4, 0.5) is 16.2 Å². The van der Waals surface area contributed by atoms with E-state index in [2.05, 4.69) is 26.7 Å². The molecule has 0 amide bonds. The molecule has 0 spiro atoms. The van der Waals surface area contributed by atoms with E-state index >= 15 is 0 Å². The zero-order chi connectivity index (χ0) is 19.1. The molecule has 0 saturated carbocycles. The Morgan fingerprint density at radius 2 is 1.78 bits per heavy atom. The molecule has 0 aliphatic carbocycles. The number of benzene rings is 2. The molecule has 0 saturated heterocycles. The number of aromatic nitrogens is 2. The molecule has 2 N–H and O–H groups in total. The van der Waals surface area contributed by atoms with Gasteiger partial charge in [0, 0.05) is 24.8 Å². The molecule has 0 fully saturated rings. The van der Waals surface area contributed by atoms with Gasteiger partial charge < -0.3 is 15.4 Å². The van der Waals surface area contributed by atoms with E-state index in [4.69, 9.17) is 4.74 Å². The summed E-state index contributed by atoms with van der Waals surface area (Å²) < 4.78 is 18.4. The van der Waals surface area contributed by atoms with Gasteiger partial charge in [0.25, 0.3) is 0 Å². The van der Waals surface area contributed by atoms with Crippen LogP contribution in [0.3, 0.4) is 0 Å². The molecule has 1 aromatic heterocycles. The Hall–Kier alpha value is -3.15. The molecule has 3 rings (SSSR count). The van der Waals surface area contributed by atoms with E-state index in [1.165, 1.54) is 12.1 Å². The van der Waals surface area contributed by atoms with Crippen molar-refractivity contribution >= 4 is 11.8 Å². The van der Waals surface area contributed by atoms with Crippen LogP contribution in [0.15, 0.2) is 54.6 Å². The van der Waals surface area contributed by atoms with Crippen molar-refractivity contribution in [3.8, 4) is 5.75 Å². The summed E-state index contributed by atoms with van der Waals surface area (Å²) in [5.74, 6) is 1.95. The number of halogens is 1. The van der Waals surface area contributed by atoms with Crippen LogP contribution in [0.5, 0.6) is 5.75 Å². The fourth-order valence-electron chi connectivity index (χ4n) is 2.76. The topological polar surface area (TPSA) is 59.1 Å². The van der Waals surface area contributed by atoms with Gasteiger partial charge in [-0.05, 0) is 42.7 Å². The van der Waals surface area contributed by atoms with Crippen molar-refractivity contribution < 1.29 is 9.13 Å². The van der Waals surface area contributed by atoms with Crippen molar-refractivity contribution in [1.29, 1.82) is 0 Å². The van der Waals surface area contributed by atoms with Crippen LogP contribution in [0.2, 0.25) is 0 Å². The van der Waals surface area contributed by atoms with Gasteiger partial charge in [0.2, 0.25) is 5.95 Å². The summed E-state index contributed by atoms with van der Waals surface area (Å²) in [6.45, 7) is 3.19. The fraction of sp³-hybridized carbons (Fsp3) is 0.238. The lowest BCUT2D eigenvalue weighted by Gasteiger charge is -2.11. The van der Waals surface area contributed by atoms with Gasteiger partial charge in [0.1, 0.15) is 17.4 Å². The minimum Gasteiger partial charge on any atom is -0.496 e. The van der Waals surface area contributed by atoms with Crippen LogP contribution in [0.25, 0.3) is 0 Å². The van der Waals surface area contributed by atoms with Crippen molar-refractivity contribution in [3.05, 3.63) is 77.2 Å².